The Hall–Kier alpha value is -2.99. The molecule has 3 aromatic heterocycles. The van der Waals surface area contributed by atoms with Crippen LogP contribution in [0.25, 0.3) is 21.6 Å². The summed E-state index contributed by atoms with van der Waals surface area (Å²) in [5, 5.41) is 4.51. The number of pyridine rings is 1. The van der Waals surface area contributed by atoms with Gasteiger partial charge >= 0.3 is 0 Å². The Bertz CT molecular complexity index is 1030. The predicted molar refractivity (Wildman–Crippen MR) is 106 cm³/mol. The van der Waals surface area contributed by atoms with Crippen molar-refractivity contribution in [2.24, 2.45) is 0 Å². The molecule has 0 saturated heterocycles. The minimum absolute atomic E-state index is 0.678. The van der Waals surface area contributed by atoms with Gasteiger partial charge < -0.3 is 10.1 Å². The molecule has 0 unspecified atom stereocenters. The van der Waals surface area contributed by atoms with Gasteiger partial charge in [-0.1, -0.05) is 12.1 Å². The molecular formula is C20H18N4OS. The second kappa shape index (κ2) is 7.09. The van der Waals surface area contributed by atoms with E-state index in [-0.39, 0.29) is 0 Å². The summed E-state index contributed by atoms with van der Waals surface area (Å²) < 4.78 is 5.21. The molecule has 0 saturated carbocycles. The number of methoxy groups -OCH3 is 1. The Kier molecular flexibility index (Phi) is 4.50. The van der Waals surface area contributed by atoms with Gasteiger partial charge in [-0.05, 0) is 42.8 Å². The first-order valence-corrected chi connectivity index (χ1v) is 9.10. The number of ether oxygens (including phenoxy) is 1. The number of thiophene rings is 1. The van der Waals surface area contributed by atoms with E-state index in [1.807, 2.05) is 36.4 Å². The van der Waals surface area contributed by atoms with Gasteiger partial charge in [0.1, 0.15) is 16.4 Å². The smallest absolute Gasteiger partial charge is 0.164 e. The van der Waals surface area contributed by atoms with E-state index in [0.717, 1.165) is 32.9 Å². The second-order valence-corrected chi connectivity index (χ2v) is 7.15. The van der Waals surface area contributed by atoms with Gasteiger partial charge in [-0.25, -0.2) is 9.97 Å². The van der Waals surface area contributed by atoms with Crippen molar-refractivity contribution in [3.8, 4) is 17.1 Å². The molecule has 0 amide bonds. The van der Waals surface area contributed by atoms with Gasteiger partial charge in [0.2, 0.25) is 0 Å². The van der Waals surface area contributed by atoms with E-state index in [4.69, 9.17) is 14.7 Å². The molecule has 4 aromatic rings. The molecule has 3 heterocycles. The van der Waals surface area contributed by atoms with E-state index in [0.29, 0.717) is 12.4 Å². The zero-order valence-electron chi connectivity index (χ0n) is 14.6. The van der Waals surface area contributed by atoms with Crippen LogP contribution in [-0.4, -0.2) is 22.1 Å². The van der Waals surface area contributed by atoms with E-state index in [1.165, 1.54) is 4.88 Å². The number of fused-ring (bicyclic) bond motifs is 1. The first-order valence-electron chi connectivity index (χ1n) is 8.28. The third-order valence-electron chi connectivity index (χ3n) is 4.05. The lowest BCUT2D eigenvalue weighted by atomic mass is 10.2. The molecule has 0 aliphatic rings. The summed E-state index contributed by atoms with van der Waals surface area (Å²) in [6.45, 7) is 2.76. The number of aryl methyl sites for hydroxylation is 1. The quantitative estimate of drug-likeness (QED) is 0.558. The zero-order valence-corrected chi connectivity index (χ0v) is 15.4. The van der Waals surface area contributed by atoms with Gasteiger partial charge in [-0.2, -0.15) is 0 Å². The average molecular weight is 362 g/mol. The highest BCUT2D eigenvalue weighted by molar-refractivity contribution is 7.18. The summed E-state index contributed by atoms with van der Waals surface area (Å²) in [5.74, 6) is 2.38. The SMILES string of the molecule is COc1ccc(CNc2nc(-c3cccnc3)nc3sc(C)cc23)cc1. The Morgan fingerprint density at radius 2 is 1.96 bits per heavy atom. The molecule has 1 N–H and O–H groups in total. The Morgan fingerprint density at radius 3 is 2.69 bits per heavy atom. The third kappa shape index (κ3) is 3.36. The number of hydrogen-bond donors (Lipinski definition) is 1. The molecule has 0 spiro atoms. The topological polar surface area (TPSA) is 59.9 Å². The number of nitrogens with zero attached hydrogens (tertiary/aromatic N) is 3. The van der Waals surface area contributed by atoms with Crippen LogP contribution in [0.15, 0.2) is 54.9 Å². The van der Waals surface area contributed by atoms with E-state index in [9.17, 15) is 0 Å². The van der Waals surface area contributed by atoms with Crippen LogP contribution in [0.2, 0.25) is 0 Å². The maximum atomic E-state index is 5.21. The summed E-state index contributed by atoms with van der Waals surface area (Å²) in [5.41, 5.74) is 2.07. The van der Waals surface area contributed by atoms with Crippen LogP contribution < -0.4 is 10.1 Å². The minimum atomic E-state index is 0.678. The summed E-state index contributed by atoms with van der Waals surface area (Å²) in [6.07, 6.45) is 3.54. The van der Waals surface area contributed by atoms with Crippen LogP contribution in [0, 0.1) is 6.92 Å². The minimum Gasteiger partial charge on any atom is -0.497 e. The zero-order chi connectivity index (χ0) is 17.9. The van der Waals surface area contributed by atoms with Crippen LogP contribution >= 0.6 is 11.3 Å². The maximum absolute atomic E-state index is 5.21. The monoisotopic (exact) mass is 362 g/mol. The fourth-order valence-electron chi connectivity index (χ4n) is 2.73. The van der Waals surface area contributed by atoms with Crippen molar-refractivity contribution in [1.82, 2.24) is 15.0 Å². The molecule has 0 atom stereocenters. The molecule has 0 aliphatic heterocycles. The highest BCUT2D eigenvalue weighted by atomic mass is 32.1. The van der Waals surface area contributed by atoms with E-state index >= 15 is 0 Å². The molecule has 1 aromatic carbocycles. The number of anilines is 1. The molecular weight excluding hydrogens is 344 g/mol. The molecule has 5 nitrogen and oxygen atoms in total. The largest absolute Gasteiger partial charge is 0.497 e. The average Bonchev–Trinajstić information content (AvgIpc) is 3.07. The fourth-order valence-corrected chi connectivity index (χ4v) is 3.61. The molecule has 130 valence electrons. The lowest BCUT2D eigenvalue weighted by Crippen LogP contribution is -2.03. The highest BCUT2D eigenvalue weighted by Gasteiger charge is 2.12. The lowest BCUT2D eigenvalue weighted by molar-refractivity contribution is 0.414. The number of rotatable bonds is 5. The summed E-state index contributed by atoms with van der Waals surface area (Å²) in [7, 11) is 1.67. The molecule has 0 bridgehead atoms. The van der Waals surface area contributed by atoms with E-state index in [1.54, 1.807) is 30.8 Å². The van der Waals surface area contributed by atoms with Crippen molar-refractivity contribution < 1.29 is 4.74 Å². The highest BCUT2D eigenvalue weighted by Crippen LogP contribution is 2.31. The number of aromatic nitrogens is 3. The van der Waals surface area contributed by atoms with Crippen molar-refractivity contribution >= 4 is 27.4 Å². The molecule has 0 aliphatic carbocycles. The predicted octanol–water partition coefficient (Wildman–Crippen LogP) is 4.68. The van der Waals surface area contributed by atoms with Crippen LogP contribution in [0.4, 0.5) is 5.82 Å². The van der Waals surface area contributed by atoms with Crippen LogP contribution in [0.3, 0.4) is 0 Å². The summed E-state index contributed by atoms with van der Waals surface area (Å²) >= 11 is 1.67. The summed E-state index contributed by atoms with van der Waals surface area (Å²) in [6, 6.07) is 14.0. The van der Waals surface area contributed by atoms with Crippen molar-refractivity contribution in [1.29, 1.82) is 0 Å². The Morgan fingerprint density at radius 1 is 1.12 bits per heavy atom. The fraction of sp³-hybridized carbons (Fsp3) is 0.150. The van der Waals surface area contributed by atoms with Gasteiger partial charge in [0.15, 0.2) is 5.82 Å². The van der Waals surface area contributed by atoms with Crippen molar-refractivity contribution in [3.05, 3.63) is 65.3 Å². The van der Waals surface area contributed by atoms with Gasteiger partial charge in [0.25, 0.3) is 0 Å². The molecule has 26 heavy (non-hydrogen) atoms. The Balaban J connectivity index is 1.68. The van der Waals surface area contributed by atoms with Gasteiger partial charge in [-0.15, -0.1) is 11.3 Å². The molecule has 6 heteroatoms. The van der Waals surface area contributed by atoms with Crippen molar-refractivity contribution in [2.45, 2.75) is 13.5 Å². The van der Waals surface area contributed by atoms with Crippen molar-refractivity contribution in [3.63, 3.8) is 0 Å². The van der Waals surface area contributed by atoms with Crippen LogP contribution in [-0.2, 0) is 6.54 Å². The van der Waals surface area contributed by atoms with E-state index < -0.39 is 0 Å². The van der Waals surface area contributed by atoms with Crippen LogP contribution in [0.1, 0.15) is 10.4 Å². The first kappa shape index (κ1) is 16.5. The second-order valence-electron chi connectivity index (χ2n) is 5.92. The molecule has 4 rings (SSSR count). The van der Waals surface area contributed by atoms with E-state index in [2.05, 4.69) is 23.3 Å². The normalized spacial score (nSPS) is 10.8. The standard InChI is InChI=1S/C20H18N4OS/c1-13-10-17-19(22-11-14-5-7-16(25-2)8-6-14)23-18(24-20(17)26-13)15-4-3-9-21-12-15/h3-10,12H,11H2,1-2H3,(H,22,23,24). The lowest BCUT2D eigenvalue weighted by Gasteiger charge is -2.09. The maximum Gasteiger partial charge on any atom is 0.164 e. The third-order valence-corrected chi connectivity index (χ3v) is 5.00. The van der Waals surface area contributed by atoms with Gasteiger partial charge in [0, 0.05) is 29.4 Å². The number of nitrogens with one attached hydrogen (secondary N) is 1. The Labute approximate surface area is 155 Å². The van der Waals surface area contributed by atoms with Crippen molar-refractivity contribution in [2.75, 3.05) is 12.4 Å². The van der Waals surface area contributed by atoms with Crippen LogP contribution in [0.5, 0.6) is 5.75 Å². The van der Waals surface area contributed by atoms with Gasteiger partial charge in [-0.3, -0.25) is 4.98 Å². The summed E-state index contributed by atoms with van der Waals surface area (Å²) in [4.78, 5) is 15.8. The number of hydrogen-bond acceptors (Lipinski definition) is 6. The molecule has 0 radical (unpaired) electrons. The van der Waals surface area contributed by atoms with Gasteiger partial charge in [0.05, 0.1) is 12.5 Å². The first-order chi connectivity index (χ1) is 12.7. The molecule has 0 fully saturated rings. The number of benzene rings is 1.